The molecule has 0 saturated carbocycles. The Morgan fingerprint density at radius 3 is 1.57 bits per heavy atom. The molecular weight excluding hydrogens is 727 g/mol. The number of furan rings is 1. The molecule has 0 atom stereocenters. The molecule has 0 amide bonds. The van der Waals surface area contributed by atoms with Crippen LogP contribution >= 0.6 is 0 Å². The minimum absolute atomic E-state index is 0.902. The second kappa shape index (κ2) is 15.1. The number of hydrogen-bond donors (Lipinski definition) is 0. The van der Waals surface area contributed by atoms with Crippen molar-refractivity contribution < 1.29 is 4.42 Å². The zero-order valence-electron chi connectivity index (χ0n) is 32.9. The van der Waals surface area contributed by atoms with Gasteiger partial charge in [-0.25, -0.2) is 0 Å². The molecule has 282 valence electrons. The standard InChI is InChI=1S/C58H39NO/c1-3-15-42(16-4-1)50-22-9-11-27-56(50)59(47-36-31-44(32-37-47)49-24-13-20-41-19-7-8-21-48(41)49)46-34-29-40(30-35-46)45-33-38-51(55(39-45)43-17-5-2-6-18-43)53-25-14-26-54-52-23-10-12-28-57(52)60-58(53)54/h1-39H. The number of hydrogen-bond acceptors (Lipinski definition) is 2. The lowest BCUT2D eigenvalue weighted by atomic mass is 9.90. The third kappa shape index (κ3) is 6.32. The van der Waals surface area contributed by atoms with Gasteiger partial charge in [0, 0.05) is 33.3 Å². The summed E-state index contributed by atoms with van der Waals surface area (Å²) in [7, 11) is 0. The molecule has 10 aromatic carbocycles. The van der Waals surface area contributed by atoms with Gasteiger partial charge in [0.1, 0.15) is 11.2 Å². The van der Waals surface area contributed by atoms with E-state index >= 15 is 0 Å². The maximum Gasteiger partial charge on any atom is 0.143 e. The Morgan fingerprint density at radius 2 is 0.800 bits per heavy atom. The molecule has 1 aromatic heterocycles. The zero-order chi connectivity index (χ0) is 39.8. The van der Waals surface area contributed by atoms with Gasteiger partial charge >= 0.3 is 0 Å². The van der Waals surface area contributed by atoms with Crippen molar-refractivity contribution in [1.29, 1.82) is 0 Å². The molecule has 0 saturated heterocycles. The summed E-state index contributed by atoms with van der Waals surface area (Å²) in [4.78, 5) is 2.38. The first kappa shape index (κ1) is 35.2. The fraction of sp³-hybridized carbons (Fsp3) is 0. The Hall–Kier alpha value is -7.94. The lowest BCUT2D eigenvalue weighted by Crippen LogP contribution is -2.11. The molecule has 0 unspecified atom stereocenters. The average molecular weight is 766 g/mol. The molecule has 11 aromatic rings. The molecule has 0 spiro atoms. The first-order valence-electron chi connectivity index (χ1n) is 20.5. The van der Waals surface area contributed by atoms with Crippen molar-refractivity contribution in [1.82, 2.24) is 0 Å². The first-order chi connectivity index (χ1) is 29.8. The predicted octanol–water partition coefficient (Wildman–Crippen LogP) is 16.5. The molecule has 0 aliphatic rings. The Kier molecular flexibility index (Phi) is 8.87. The Bertz CT molecular complexity index is 3290. The van der Waals surface area contributed by atoms with Gasteiger partial charge in [-0.1, -0.05) is 194 Å². The van der Waals surface area contributed by atoms with Gasteiger partial charge in [0.25, 0.3) is 0 Å². The highest BCUT2D eigenvalue weighted by atomic mass is 16.3. The van der Waals surface area contributed by atoms with Crippen LogP contribution in [0.3, 0.4) is 0 Å². The second-order valence-electron chi connectivity index (χ2n) is 15.2. The molecule has 0 aliphatic carbocycles. The SMILES string of the molecule is c1ccc(-c2cc(-c3ccc(N(c4ccc(-c5cccc6ccccc56)cc4)c4ccccc4-c4ccccc4)cc3)ccc2-c2cccc3c2oc2ccccc23)cc1. The third-order valence-electron chi connectivity index (χ3n) is 11.7. The van der Waals surface area contributed by atoms with Gasteiger partial charge < -0.3 is 9.32 Å². The summed E-state index contributed by atoms with van der Waals surface area (Å²) in [5, 5.41) is 4.76. The fourth-order valence-electron chi connectivity index (χ4n) is 8.80. The average Bonchev–Trinajstić information content (AvgIpc) is 3.72. The smallest absolute Gasteiger partial charge is 0.143 e. The van der Waals surface area contributed by atoms with Crippen LogP contribution in [-0.4, -0.2) is 0 Å². The predicted molar refractivity (Wildman–Crippen MR) is 253 cm³/mol. The Morgan fingerprint density at radius 1 is 0.283 bits per heavy atom. The lowest BCUT2D eigenvalue weighted by Gasteiger charge is -2.28. The summed E-state index contributed by atoms with van der Waals surface area (Å²) in [5.41, 5.74) is 16.7. The number of rotatable bonds is 8. The van der Waals surface area contributed by atoms with E-state index in [1.54, 1.807) is 0 Å². The monoisotopic (exact) mass is 765 g/mol. The van der Waals surface area contributed by atoms with Crippen LogP contribution < -0.4 is 4.90 Å². The van der Waals surface area contributed by atoms with Crippen LogP contribution in [0.25, 0.3) is 88.3 Å². The summed E-state index contributed by atoms with van der Waals surface area (Å²) in [6.07, 6.45) is 0. The van der Waals surface area contributed by atoms with Crippen LogP contribution in [-0.2, 0) is 0 Å². The molecule has 0 N–H and O–H groups in total. The van der Waals surface area contributed by atoms with Gasteiger partial charge in [-0.3, -0.25) is 0 Å². The molecule has 2 heteroatoms. The quantitative estimate of drug-likeness (QED) is 0.153. The number of para-hydroxylation sites is 3. The number of fused-ring (bicyclic) bond motifs is 4. The summed E-state index contributed by atoms with van der Waals surface area (Å²) in [5.74, 6) is 0. The van der Waals surface area contributed by atoms with Crippen molar-refractivity contribution in [3.8, 4) is 55.6 Å². The van der Waals surface area contributed by atoms with E-state index in [1.807, 2.05) is 12.1 Å². The summed E-state index contributed by atoms with van der Waals surface area (Å²) < 4.78 is 6.53. The first-order valence-corrected chi connectivity index (χ1v) is 20.5. The topological polar surface area (TPSA) is 16.4 Å². The van der Waals surface area contributed by atoms with Crippen LogP contribution in [0.2, 0.25) is 0 Å². The van der Waals surface area contributed by atoms with Crippen molar-refractivity contribution >= 4 is 49.8 Å². The number of anilines is 3. The van der Waals surface area contributed by atoms with Gasteiger partial charge in [0.05, 0.1) is 5.69 Å². The van der Waals surface area contributed by atoms with Gasteiger partial charge in [-0.15, -0.1) is 0 Å². The van der Waals surface area contributed by atoms with Gasteiger partial charge in [0.15, 0.2) is 0 Å². The van der Waals surface area contributed by atoms with E-state index in [4.69, 9.17) is 4.42 Å². The third-order valence-corrected chi connectivity index (χ3v) is 11.7. The van der Waals surface area contributed by atoms with Crippen LogP contribution in [0.4, 0.5) is 17.1 Å². The summed E-state index contributed by atoms with van der Waals surface area (Å²) in [6, 6.07) is 84.8. The van der Waals surface area contributed by atoms with E-state index in [2.05, 4.69) is 229 Å². The van der Waals surface area contributed by atoms with Gasteiger partial charge in [-0.05, 0) is 97.7 Å². The molecular formula is C58H39NO. The zero-order valence-corrected chi connectivity index (χ0v) is 32.9. The molecule has 0 aliphatic heterocycles. The number of benzene rings is 10. The lowest BCUT2D eigenvalue weighted by molar-refractivity contribution is 0.670. The van der Waals surface area contributed by atoms with Crippen LogP contribution in [0, 0.1) is 0 Å². The van der Waals surface area contributed by atoms with Gasteiger partial charge in [0.2, 0.25) is 0 Å². The highest BCUT2D eigenvalue weighted by Crippen LogP contribution is 2.44. The Labute approximate surface area is 349 Å². The highest BCUT2D eigenvalue weighted by molar-refractivity contribution is 6.11. The minimum atomic E-state index is 0.902. The van der Waals surface area contributed by atoms with E-state index < -0.39 is 0 Å². The van der Waals surface area contributed by atoms with Crippen molar-refractivity contribution in [3.05, 3.63) is 237 Å². The van der Waals surface area contributed by atoms with Gasteiger partial charge in [-0.2, -0.15) is 0 Å². The second-order valence-corrected chi connectivity index (χ2v) is 15.2. The summed E-state index contributed by atoms with van der Waals surface area (Å²) in [6.45, 7) is 0. The van der Waals surface area contributed by atoms with Crippen LogP contribution in [0.15, 0.2) is 241 Å². The minimum Gasteiger partial charge on any atom is -0.455 e. The maximum atomic E-state index is 6.53. The Balaban J connectivity index is 1.01. The van der Waals surface area contributed by atoms with Crippen LogP contribution in [0.1, 0.15) is 0 Å². The molecule has 2 nitrogen and oxygen atoms in total. The highest BCUT2D eigenvalue weighted by Gasteiger charge is 2.19. The summed E-state index contributed by atoms with van der Waals surface area (Å²) >= 11 is 0. The molecule has 0 fully saturated rings. The molecule has 60 heavy (non-hydrogen) atoms. The molecule has 11 rings (SSSR count). The van der Waals surface area contributed by atoms with E-state index in [9.17, 15) is 0 Å². The molecule has 0 bridgehead atoms. The van der Waals surface area contributed by atoms with Crippen molar-refractivity contribution in [3.63, 3.8) is 0 Å². The van der Waals surface area contributed by atoms with Crippen molar-refractivity contribution in [2.45, 2.75) is 0 Å². The van der Waals surface area contributed by atoms with Crippen molar-refractivity contribution in [2.24, 2.45) is 0 Å². The van der Waals surface area contributed by atoms with E-state index in [1.165, 1.54) is 33.0 Å². The van der Waals surface area contributed by atoms with Crippen LogP contribution in [0.5, 0.6) is 0 Å². The van der Waals surface area contributed by atoms with E-state index in [0.29, 0.717) is 0 Å². The van der Waals surface area contributed by atoms with E-state index in [-0.39, 0.29) is 0 Å². The van der Waals surface area contributed by atoms with Crippen molar-refractivity contribution in [2.75, 3.05) is 4.90 Å². The molecule has 0 radical (unpaired) electrons. The fourth-order valence-corrected chi connectivity index (χ4v) is 8.80. The molecule has 1 heterocycles. The normalized spacial score (nSPS) is 11.3. The maximum absolute atomic E-state index is 6.53. The number of nitrogens with zero attached hydrogens (tertiary/aromatic N) is 1. The van der Waals surface area contributed by atoms with E-state index in [0.717, 1.165) is 72.4 Å². The largest absolute Gasteiger partial charge is 0.455 e.